The van der Waals surface area contributed by atoms with E-state index in [-0.39, 0.29) is 98.6 Å². The van der Waals surface area contributed by atoms with E-state index in [1.807, 2.05) is 0 Å². The molecule has 3 aliphatic heterocycles. The number of hydrogen-bond acceptors (Lipinski definition) is 18. The third-order valence-electron chi connectivity index (χ3n) is 6.77. The average Bonchev–Trinajstić information content (AvgIpc) is 3.86. The third-order valence-corrected chi connectivity index (χ3v) is 6.77. The van der Waals surface area contributed by atoms with Crippen molar-refractivity contribution >= 4 is 11.9 Å². The molecule has 0 amide bonds. The highest BCUT2D eigenvalue weighted by Crippen LogP contribution is 2.26. The van der Waals surface area contributed by atoms with E-state index in [4.69, 9.17) is 48.8 Å². The van der Waals surface area contributed by atoms with Crippen LogP contribution in [0.15, 0.2) is 104 Å². The quantitative estimate of drug-likeness (QED) is 0.156. The predicted octanol–water partition coefficient (Wildman–Crippen LogP) is -1.32. The molecule has 20 heteroatoms. The minimum atomic E-state index is -0.787. The van der Waals surface area contributed by atoms with Gasteiger partial charge < -0.3 is 70.5 Å². The van der Waals surface area contributed by atoms with Gasteiger partial charge in [0, 0.05) is 38.2 Å². The summed E-state index contributed by atoms with van der Waals surface area (Å²) in [4.78, 5) is 23.8. The second kappa shape index (κ2) is 22.7. The van der Waals surface area contributed by atoms with Crippen molar-refractivity contribution in [3.8, 4) is 23.0 Å². The zero-order valence-corrected chi connectivity index (χ0v) is 29.2. The van der Waals surface area contributed by atoms with Crippen LogP contribution in [0, 0.1) is 0 Å². The lowest BCUT2D eigenvalue weighted by molar-refractivity contribution is -0.367. The highest BCUT2D eigenvalue weighted by Gasteiger charge is 2.18. The molecule has 20 nitrogen and oxygen atoms in total. The standard InChI is InChI=1S/C18H20N4O10.2C8H11NO2/c23-15-11-9-12(20-19-11)17(25)31-7-3-28-4-8-32-18(26)14-10-13(21-22-14)16(24)30-6-2-27-1-5-29-15;2*9-4-3-6-1-2-7(10)8(11)5-6/h9-10,23-24H,1-8H2;2*1-2,5,10-11H,3-4,9H2/b15-11-,16-13?;;. The van der Waals surface area contributed by atoms with Crippen LogP contribution in [0.1, 0.15) is 11.1 Å². The molecule has 0 aliphatic carbocycles. The van der Waals surface area contributed by atoms with Crippen molar-refractivity contribution in [3.63, 3.8) is 0 Å². The summed E-state index contributed by atoms with van der Waals surface area (Å²) in [6, 6.07) is 9.64. The maximum atomic E-state index is 11.9. The molecule has 0 unspecified atom stereocenters. The van der Waals surface area contributed by atoms with Crippen molar-refractivity contribution in [2.45, 2.75) is 12.8 Å². The van der Waals surface area contributed by atoms with E-state index in [9.17, 15) is 19.8 Å². The molecule has 0 saturated heterocycles. The monoisotopic (exact) mass is 758 g/mol. The average molecular weight is 759 g/mol. The van der Waals surface area contributed by atoms with Gasteiger partial charge in [-0.25, -0.2) is 9.59 Å². The van der Waals surface area contributed by atoms with Crippen molar-refractivity contribution in [2.24, 2.45) is 20.5 Å². The number of aromatic hydroxyl groups is 4. The Bertz CT molecular complexity index is 1650. The first-order valence-corrected chi connectivity index (χ1v) is 16.5. The molecule has 0 atom stereocenters. The van der Waals surface area contributed by atoms with E-state index in [1.54, 1.807) is 24.3 Å². The Morgan fingerprint density at radius 2 is 0.907 bits per heavy atom. The number of phenolic OH excluding ortho intramolecular Hbond substituents is 4. The Kier molecular flexibility index (Phi) is 17.7. The lowest BCUT2D eigenvalue weighted by atomic mass is 10.1. The second-order valence-corrected chi connectivity index (χ2v) is 10.9. The Morgan fingerprint density at radius 1 is 0.537 bits per heavy atom. The summed E-state index contributed by atoms with van der Waals surface area (Å²) >= 11 is 0. The zero-order valence-electron chi connectivity index (χ0n) is 29.2. The molecule has 4 bridgehead atoms. The van der Waals surface area contributed by atoms with Crippen LogP contribution in [0.5, 0.6) is 23.0 Å². The van der Waals surface area contributed by atoms with E-state index < -0.39 is 23.8 Å². The molecule has 0 aromatic heterocycles. The predicted molar refractivity (Wildman–Crippen MR) is 178 cm³/mol. The fraction of sp³-hybridized carbons (Fsp3) is 0.353. The number of esters is 2. The molecular formula is C34H42N6O14. The molecule has 3 heterocycles. The molecule has 0 spiro atoms. The first-order chi connectivity index (χ1) is 26.0. The summed E-state index contributed by atoms with van der Waals surface area (Å²) in [5, 5.41) is 74.1. The number of rotatable bonds is 4. The topological polar surface area (TPSA) is 321 Å². The van der Waals surface area contributed by atoms with Crippen molar-refractivity contribution < 1.29 is 80.1 Å². The largest absolute Gasteiger partial charge is 0.609 e. The van der Waals surface area contributed by atoms with E-state index in [2.05, 4.69) is 31.9 Å². The molecule has 5 rings (SSSR count). The van der Waals surface area contributed by atoms with Crippen molar-refractivity contribution in [3.05, 3.63) is 94.4 Å². The van der Waals surface area contributed by atoms with E-state index in [1.165, 1.54) is 12.1 Å². The van der Waals surface area contributed by atoms with Crippen molar-refractivity contribution in [2.75, 3.05) is 65.9 Å². The third kappa shape index (κ3) is 14.4. The molecule has 292 valence electrons. The van der Waals surface area contributed by atoms with Gasteiger partial charge in [-0.15, -0.1) is 20.5 Å². The number of carbonyl (C=O) groups is 2. The highest BCUT2D eigenvalue weighted by atomic mass is 16.6. The van der Waals surface area contributed by atoms with Crippen LogP contribution in [-0.4, -0.2) is 98.3 Å². The molecule has 0 fully saturated rings. The van der Waals surface area contributed by atoms with Crippen LogP contribution in [0.4, 0.5) is 0 Å². The lowest BCUT2D eigenvalue weighted by Gasteiger charge is -2.18. The second-order valence-electron chi connectivity index (χ2n) is 10.9. The van der Waals surface area contributed by atoms with Gasteiger partial charge in [-0.05, 0) is 35.4 Å². The molecule has 3 aliphatic rings. The fourth-order valence-corrected chi connectivity index (χ4v) is 4.12. The number of phenols is 4. The molecule has 2 aromatic carbocycles. The van der Waals surface area contributed by atoms with Crippen LogP contribution < -0.4 is 21.7 Å². The number of nitrogens with zero attached hydrogens (tertiary/aromatic N) is 4. The van der Waals surface area contributed by atoms with Gasteiger partial charge in [-0.2, -0.15) is 0 Å². The molecule has 0 radical (unpaired) electrons. The number of benzene rings is 2. The Morgan fingerprint density at radius 3 is 1.26 bits per heavy atom. The number of quaternary nitrogens is 2. The maximum Gasteiger partial charge on any atom is 0.359 e. The van der Waals surface area contributed by atoms with Crippen LogP contribution in [0.3, 0.4) is 0 Å². The number of azo groups is 2. The Labute approximate surface area is 308 Å². The van der Waals surface area contributed by atoms with Gasteiger partial charge in [-0.3, -0.25) is 0 Å². The van der Waals surface area contributed by atoms with Gasteiger partial charge >= 0.3 is 11.9 Å². The highest BCUT2D eigenvalue weighted by molar-refractivity contribution is 5.89. The first-order valence-electron chi connectivity index (χ1n) is 16.5. The normalized spacial score (nSPS) is 18.3. The minimum absolute atomic E-state index is 0.0263. The number of allylic oxidation sites excluding steroid dienone is 2. The molecule has 54 heavy (non-hydrogen) atoms. The van der Waals surface area contributed by atoms with Gasteiger partial charge in [0.2, 0.25) is 0 Å². The number of ether oxygens (including phenoxy) is 6. The summed E-state index contributed by atoms with van der Waals surface area (Å²) in [6.45, 7) is 1.29. The SMILES string of the molecule is O=C1OCCOCCOC(=O)C2=C/C(=C(\[O-])OCCOCCOC([O-])=C3C=C1N=N3)N=N2.[NH3+]CCc1ccc(O)c(O)c1.[NH3+]CCc1ccc(O)c(O)c1. The molecule has 10 N–H and O–H groups in total. The zero-order chi connectivity index (χ0) is 39.3. The Balaban J connectivity index is 0.000000288. The van der Waals surface area contributed by atoms with E-state index in [0.29, 0.717) is 0 Å². The van der Waals surface area contributed by atoms with Gasteiger partial charge in [0.25, 0.3) is 0 Å². The summed E-state index contributed by atoms with van der Waals surface area (Å²) in [5.41, 5.74) is 8.73. The van der Waals surface area contributed by atoms with Crippen LogP contribution in [-0.2, 0) is 50.9 Å². The minimum Gasteiger partial charge on any atom is -0.609 e. The number of hydrogen-bond donors (Lipinski definition) is 6. The van der Waals surface area contributed by atoms with Gasteiger partial charge in [0.15, 0.2) is 34.4 Å². The first kappa shape index (κ1) is 42.2. The smallest absolute Gasteiger partial charge is 0.359 e. The van der Waals surface area contributed by atoms with E-state index in [0.717, 1.165) is 49.2 Å². The fourth-order valence-electron chi connectivity index (χ4n) is 4.12. The van der Waals surface area contributed by atoms with Crippen molar-refractivity contribution in [1.82, 2.24) is 0 Å². The summed E-state index contributed by atoms with van der Waals surface area (Å²) in [5.74, 6) is -3.41. The van der Waals surface area contributed by atoms with Crippen molar-refractivity contribution in [1.29, 1.82) is 0 Å². The van der Waals surface area contributed by atoms with Gasteiger partial charge in [0.1, 0.15) is 24.6 Å². The van der Waals surface area contributed by atoms with Crippen LogP contribution in [0.2, 0.25) is 0 Å². The van der Waals surface area contributed by atoms with Gasteiger partial charge in [0.05, 0.1) is 51.4 Å². The maximum absolute atomic E-state index is 11.9. The molecular weight excluding hydrogens is 716 g/mol. The van der Waals surface area contributed by atoms with E-state index >= 15 is 0 Å². The summed E-state index contributed by atoms with van der Waals surface area (Å²) in [7, 11) is 0. The van der Waals surface area contributed by atoms with Crippen LogP contribution in [0.25, 0.3) is 0 Å². The number of cyclic esters (lactones) is 2. The number of fused-ring (bicyclic) bond motifs is 2. The van der Waals surface area contributed by atoms with Crippen LogP contribution >= 0.6 is 0 Å². The molecule has 2 aromatic rings. The Hall–Kier alpha value is -6.22. The molecule has 0 saturated carbocycles. The van der Waals surface area contributed by atoms with Gasteiger partial charge in [-0.1, -0.05) is 12.1 Å². The summed E-state index contributed by atoms with van der Waals surface area (Å²) in [6.07, 6.45) is 3.93. The lowest BCUT2D eigenvalue weighted by Crippen LogP contribution is -2.51. The summed E-state index contributed by atoms with van der Waals surface area (Å²) < 4.78 is 30.2. The number of carbonyl (C=O) groups excluding carboxylic acids is 2.